The Kier molecular flexibility index (Phi) is 7.18. The molecule has 0 bridgehead atoms. The first-order valence-electron chi connectivity index (χ1n) is 10.1. The number of morpholine rings is 1. The number of hydrogen-bond acceptors (Lipinski definition) is 3. The summed E-state index contributed by atoms with van der Waals surface area (Å²) in [4.78, 5) is 1.62. The molecule has 3 fully saturated rings. The molecule has 0 aromatic heterocycles. The average Bonchev–Trinajstić information content (AvgIpc) is 2.95. The molecule has 2 saturated heterocycles. The molecule has 0 aromatic carbocycles. The molecule has 0 aromatic rings. The molecule has 2 aliphatic heterocycles. The molecule has 23 heavy (non-hydrogen) atoms. The van der Waals surface area contributed by atoms with Crippen molar-refractivity contribution in [2.75, 3.05) is 39.5 Å². The first kappa shape index (κ1) is 17.7. The van der Waals surface area contributed by atoms with Crippen LogP contribution in [0.2, 0.25) is 0 Å². The van der Waals surface area contributed by atoms with Gasteiger partial charge in [0.1, 0.15) is 25.7 Å². The third kappa shape index (κ3) is 5.70. The molecular formula is C19H36NO3+. The first-order valence-corrected chi connectivity index (χ1v) is 10.1. The molecule has 1 N–H and O–H groups in total. The number of rotatable bonds is 2. The van der Waals surface area contributed by atoms with Gasteiger partial charge in [-0.2, -0.15) is 0 Å². The number of ether oxygens (including phenoxy) is 3. The van der Waals surface area contributed by atoms with Crippen LogP contribution in [0.4, 0.5) is 0 Å². The fourth-order valence-corrected chi connectivity index (χ4v) is 4.32. The molecule has 1 spiro atoms. The molecule has 3 aliphatic rings. The van der Waals surface area contributed by atoms with Gasteiger partial charge in [0.05, 0.1) is 19.8 Å². The summed E-state index contributed by atoms with van der Waals surface area (Å²) in [6.45, 7) is 5.91. The lowest BCUT2D eigenvalue weighted by molar-refractivity contribution is -0.910. The zero-order valence-corrected chi connectivity index (χ0v) is 14.8. The first-order chi connectivity index (χ1) is 11.4. The SMILES string of the molecule is C1CCCCCC2(CCCCC1)OC[C@@H](C[NH+]1CCOCC1)O2. The highest BCUT2D eigenvalue weighted by molar-refractivity contribution is 4.79. The van der Waals surface area contributed by atoms with Crippen molar-refractivity contribution in [2.45, 2.75) is 82.5 Å². The summed E-state index contributed by atoms with van der Waals surface area (Å²) < 4.78 is 18.2. The summed E-state index contributed by atoms with van der Waals surface area (Å²) in [6, 6.07) is 0. The van der Waals surface area contributed by atoms with Gasteiger partial charge in [-0.05, 0) is 12.8 Å². The minimum absolute atomic E-state index is 0.254. The van der Waals surface area contributed by atoms with Crippen LogP contribution in [0.1, 0.15) is 70.6 Å². The maximum atomic E-state index is 6.51. The summed E-state index contributed by atoms with van der Waals surface area (Å²) in [5.41, 5.74) is 0. The van der Waals surface area contributed by atoms with Crippen molar-refractivity contribution in [3.63, 3.8) is 0 Å². The summed E-state index contributed by atoms with van der Waals surface area (Å²) in [5, 5.41) is 0. The number of nitrogens with one attached hydrogen (secondary N) is 1. The average molecular weight is 327 g/mol. The fraction of sp³-hybridized carbons (Fsp3) is 1.00. The molecule has 1 aliphatic carbocycles. The van der Waals surface area contributed by atoms with Crippen molar-refractivity contribution in [3.05, 3.63) is 0 Å². The van der Waals surface area contributed by atoms with E-state index < -0.39 is 0 Å². The van der Waals surface area contributed by atoms with E-state index in [0.29, 0.717) is 0 Å². The Morgan fingerprint density at radius 2 is 1.35 bits per heavy atom. The molecule has 0 unspecified atom stereocenters. The van der Waals surface area contributed by atoms with E-state index in [4.69, 9.17) is 14.2 Å². The van der Waals surface area contributed by atoms with Crippen molar-refractivity contribution < 1.29 is 19.1 Å². The molecule has 1 atom stereocenters. The Labute approximate surface area is 141 Å². The standard InChI is InChI=1S/C19H35NO3/c1-2-4-6-8-10-19(11-9-7-5-3-1)22-17-18(23-19)16-20-12-14-21-15-13-20/h18H,1-17H2/p+1/t18-/m1/s1. The van der Waals surface area contributed by atoms with Crippen molar-refractivity contribution in [3.8, 4) is 0 Å². The maximum absolute atomic E-state index is 6.51. The van der Waals surface area contributed by atoms with Gasteiger partial charge < -0.3 is 19.1 Å². The third-order valence-corrected chi connectivity index (χ3v) is 5.75. The van der Waals surface area contributed by atoms with Crippen molar-refractivity contribution in [1.82, 2.24) is 0 Å². The highest BCUT2D eigenvalue weighted by atomic mass is 16.7. The molecule has 0 amide bonds. The van der Waals surface area contributed by atoms with E-state index in [0.717, 1.165) is 52.3 Å². The van der Waals surface area contributed by atoms with Crippen LogP contribution in [0.3, 0.4) is 0 Å². The van der Waals surface area contributed by atoms with Crippen LogP contribution >= 0.6 is 0 Å². The molecule has 2 heterocycles. The van der Waals surface area contributed by atoms with Crippen LogP contribution in [0, 0.1) is 0 Å². The van der Waals surface area contributed by atoms with Crippen molar-refractivity contribution in [2.24, 2.45) is 0 Å². The predicted molar refractivity (Wildman–Crippen MR) is 90.7 cm³/mol. The second-order valence-electron chi connectivity index (χ2n) is 7.71. The minimum atomic E-state index is -0.254. The topological polar surface area (TPSA) is 32.1 Å². The number of quaternary nitrogens is 1. The van der Waals surface area contributed by atoms with Gasteiger partial charge in [-0.25, -0.2) is 0 Å². The highest BCUT2D eigenvalue weighted by Gasteiger charge is 2.42. The van der Waals surface area contributed by atoms with Gasteiger partial charge in [0, 0.05) is 12.8 Å². The second kappa shape index (κ2) is 9.36. The summed E-state index contributed by atoms with van der Waals surface area (Å²) in [7, 11) is 0. The lowest BCUT2D eigenvalue weighted by atomic mass is 9.97. The zero-order valence-electron chi connectivity index (χ0n) is 14.8. The van der Waals surface area contributed by atoms with E-state index in [2.05, 4.69) is 0 Å². The lowest BCUT2D eigenvalue weighted by Crippen LogP contribution is -3.15. The summed E-state index contributed by atoms with van der Waals surface area (Å²) in [6.07, 6.45) is 14.7. The molecule has 0 radical (unpaired) electrons. The van der Waals surface area contributed by atoms with Crippen LogP contribution in [0.5, 0.6) is 0 Å². The fourth-order valence-electron chi connectivity index (χ4n) is 4.32. The van der Waals surface area contributed by atoms with Gasteiger partial charge in [0.15, 0.2) is 5.79 Å². The molecule has 4 heteroatoms. The quantitative estimate of drug-likeness (QED) is 0.845. The molecule has 4 nitrogen and oxygen atoms in total. The monoisotopic (exact) mass is 326 g/mol. The molecular weight excluding hydrogens is 290 g/mol. The summed E-state index contributed by atoms with van der Waals surface area (Å²) >= 11 is 0. The van der Waals surface area contributed by atoms with E-state index >= 15 is 0 Å². The van der Waals surface area contributed by atoms with E-state index in [1.54, 1.807) is 4.90 Å². The Morgan fingerprint density at radius 3 is 1.96 bits per heavy atom. The van der Waals surface area contributed by atoms with Gasteiger partial charge in [0.2, 0.25) is 0 Å². The number of hydrogen-bond donors (Lipinski definition) is 1. The van der Waals surface area contributed by atoms with E-state index in [9.17, 15) is 0 Å². The second-order valence-corrected chi connectivity index (χ2v) is 7.71. The minimum Gasteiger partial charge on any atom is -0.370 e. The molecule has 134 valence electrons. The van der Waals surface area contributed by atoms with Crippen LogP contribution in [0.25, 0.3) is 0 Å². The molecule has 1 saturated carbocycles. The smallest absolute Gasteiger partial charge is 0.169 e. The van der Waals surface area contributed by atoms with Gasteiger partial charge in [0.25, 0.3) is 0 Å². The highest BCUT2D eigenvalue weighted by Crippen LogP contribution is 2.34. The van der Waals surface area contributed by atoms with Gasteiger partial charge >= 0.3 is 0 Å². The normalized spacial score (nSPS) is 31.6. The van der Waals surface area contributed by atoms with Gasteiger partial charge in [-0.15, -0.1) is 0 Å². The van der Waals surface area contributed by atoms with Crippen LogP contribution in [0.15, 0.2) is 0 Å². The van der Waals surface area contributed by atoms with Crippen molar-refractivity contribution >= 4 is 0 Å². The van der Waals surface area contributed by atoms with Crippen LogP contribution in [-0.2, 0) is 14.2 Å². The molecule has 3 rings (SSSR count). The zero-order chi connectivity index (χ0) is 15.8. The van der Waals surface area contributed by atoms with Crippen LogP contribution in [-0.4, -0.2) is 51.3 Å². The van der Waals surface area contributed by atoms with Crippen LogP contribution < -0.4 is 4.90 Å². The summed E-state index contributed by atoms with van der Waals surface area (Å²) in [5.74, 6) is -0.254. The van der Waals surface area contributed by atoms with Gasteiger partial charge in [-0.1, -0.05) is 44.9 Å². The van der Waals surface area contributed by atoms with Gasteiger partial charge in [-0.3, -0.25) is 0 Å². The lowest BCUT2D eigenvalue weighted by Gasteiger charge is -2.30. The van der Waals surface area contributed by atoms with Crippen molar-refractivity contribution in [1.29, 1.82) is 0 Å². The predicted octanol–water partition coefficient (Wildman–Crippen LogP) is 2.32. The Balaban J connectivity index is 1.48. The third-order valence-electron chi connectivity index (χ3n) is 5.75. The Bertz CT molecular complexity index is 319. The van der Waals surface area contributed by atoms with E-state index in [1.807, 2.05) is 0 Å². The van der Waals surface area contributed by atoms with E-state index in [-0.39, 0.29) is 11.9 Å². The van der Waals surface area contributed by atoms with E-state index in [1.165, 1.54) is 57.8 Å². The maximum Gasteiger partial charge on any atom is 0.169 e. The largest absolute Gasteiger partial charge is 0.370 e. The Morgan fingerprint density at radius 1 is 0.783 bits per heavy atom. The Hall–Kier alpha value is -0.160.